The molecule has 1 aliphatic heterocycles. The molecule has 144 valence electrons. The number of esters is 1. The van der Waals surface area contributed by atoms with Crippen molar-refractivity contribution >= 4 is 21.9 Å². The molecular weight excluding hydrogens is 412 g/mol. The Balaban J connectivity index is 2.81. The van der Waals surface area contributed by atoms with Crippen LogP contribution in [0.1, 0.15) is 51.7 Å². The molecule has 0 amide bonds. The Labute approximate surface area is 167 Å². The molecule has 0 radical (unpaired) electrons. The van der Waals surface area contributed by atoms with Gasteiger partial charge in [-0.1, -0.05) is 26.8 Å². The maximum Gasteiger partial charge on any atom is 0.338 e. The number of phenolic OH excluding ortho intramolecular Hbond substituents is 1. The molecule has 7 heteroatoms. The molecule has 0 spiro atoms. The zero-order chi connectivity index (χ0) is 20.5. The normalized spacial score (nSPS) is 17.4. The minimum atomic E-state index is -0.888. The van der Waals surface area contributed by atoms with Gasteiger partial charge in [-0.2, -0.15) is 5.26 Å². The molecule has 0 saturated heterocycles. The van der Waals surface area contributed by atoms with Gasteiger partial charge in [0.05, 0.1) is 22.6 Å². The molecule has 0 aliphatic carbocycles. The predicted octanol–water partition coefficient (Wildman–Crippen LogP) is 4.10. The summed E-state index contributed by atoms with van der Waals surface area (Å²) in [5.41, 5.74) is 7.20. The average molecular weight is 435 g/mol. The van der Waals surface area contributed by atoms with Crippen LogP contribution in [-0.2, 0) is 19.7 Å². The molecule has 1 heterocycles. The van der Waals surface area contributed by atoms with Crippen LogP contribution in [0.25, 0.3) is 0 Å². The molecule has 0 fully saturated rings. The molecule has 1 unspecified atom stereocenters. The Bertz CT molecular complexity index is 888. The smallest absolute Gasteiger partial charge is 0.338 e. The van der Waals surface area contributed by atoms with Gasteiger partial charge in [0, 0.05) is 5.56 Å². The summed E-state index contributed by atoms with van der Waals surface area (Å²) in [6.45, 7) is 9.53. The number of carbonyl (C=O) groups is 1. The highest BCUT2D eigenvalue weighted by atomic mass is 79.9. The summed E-state index contributed by atoms with van der Waals surface area (Å²) in [5.74, 6) is -1.42. The van der Waals surface area contributed by atoms with Crippen LogP contribution in [0.5, 0.6) is 5.75 Å². The number of phenols is 1. The van der Waals surface area contributed by atoms with E-state index in [4.69, 9.17) is 15.2 Å². The number of benzene rings is 1. The molecule has 0 saturated carbocycles. The van der Waals surface area contributed by atoms with Gasteiger partial charge < -0.3 is 20.3 Å². The summed E-state index contributed by atoms with van der Waals surface area (Å²) in [6.07, 6.45) is 0. The molecule has 1 aromatic carbocycles. The van der Waals surface area contributed by atoms with Crippen molar-refractivity contribution < 1.29 is 19.4 Å². The summed E-state index contributed by atoms with van der Waals surface area (Å²) >= 11 is 3.37. The number of nitriles is 1. The van der Waals surface area contributed by atoms with Crippen LogP contribution in [0.3, 0.4) is 0 Å². The third kappa shape index (κ3) is 3.96. The lowest BCUT2D eigenvalue weighted by Crippen LogP contribution is -2.26. The van der Waals surface area contributed by atoms with Crippen LogP contribution in [0, 0.1) is 11.3 Å². The van der Waals surface area contributed by atoms with Crippen molar-refractivity contribution in [3.8, 4) is 11.8 Å². The van der Waals surface area contributed by atoms with E-state index in [2.05, 4.69) is 15.9 Å². The lowest BCUT2D eigenvalue weighted by atomic mass is 9.79. The van der Waals surface area contributed by atoms with Gasteiger partial charge in [-0.15, -0.1) is 0 Å². The first-order valence-electron chi connectivity index (χ1n) is 8.51. The predicted molar refractivity (Wildman–Crippen MR) is 104 cm³/mol. The Morgan fingerprint density at radius 1 is 1.44 bits per heavy atom. The van der Waals surface area contributed by atoms with Crippen molar-refractivity contribution in [3.63, 3.8) is 0 Å². The van der Waals surface area contributed by atoms with E-state index < -0.39 is 11.9 Å². The van der Waals surface area contributed by atoms with Crippen molar-refractivity contribution in [3.05, 3.63) is 50.5 Å². The molecule has 1 aromatic rings. The Morgan fingerprint density at radius 2 is 2.07 bits per heavy atom. The second-order valence-electron chi connectivity index (χ2n) is 7.26. The molecule has 1 aliphatic rings. The number of aromatic hydroxyl groups is 1. The zero-order valence-corrected chi connectivity index (χ0v) is 17.6. The van der Waals surface area contributed by atoms with Crippen molar-refractivity contribution in [1.29, 1.82) is 5.26 Å². The number of allylic oxidation sites excluding steroid dienone is 2. The van der Waals surface area contributed by atoms with Gasteiger partial charge >= 0.3 is 5.97 Å². The molecule has 0 bridgehead atoms. The van der Waals surface area contributed by atoms with Gasteiger partial charge in [-0.3, -0.25) is 0 Å². The van der Waals surface area contributed by atoms with Gasteiger partial charge in [0.15, 0.2) is 0 Å². The summed E-state index contributed by atoms with van der Waals surface area (Å²) in [5, 5.41) is 20.4. The van der Waals surface area contributed by atoms with Crippen LogP contribution in [0.15, 0.2) is 39.4 Å². The number of nitrogens with two attached hydrogens (primary N) is 1. The maximum atomic E-state index is 12.6. The second kappa shape index (κ2) is 7.65. The van der Waals surface area contributed by atoms with Crippen molar-refractivity contribution in [1.82, 2.24) is 0 Å². The van der Waals surface area contributed by atoms with Crippen LogP contribution >= 0.6 is 15.9 Å². The molecule has 6 nitrogen and oxygen atoms in total. The quantitative estimate of drug-likeness (QED) is 0.693. The lowest BCUT2D eigenvalue weighted by molar-refractivity contribution is -0.139. The third-order valence-electron chi connectivity index (χ3n) is 4.37. The van der Waals surface area contributed by atoms with Crippen LogP contribution < -0.4 is 5.73 Å². The van der Waals surface area contributed by atoms with E-state index in [1.807, 2.05) is 32.9 Å². The fraction of sp³-hybridized carbons (Fsp3) is 0.400. The number of halogens is 1. The number of carbonyl (C=O) groups excluding carboxylic acids is 1. The molecule has 2 rings (SSSR count). The highest BCUT2D eigenvalue weighted by Crippen LogP contribution is 2.46. The zero-order valence-electron chi connectivity index (χ0n) is 16.0. The fourth-order valence-electron chi connectivity index (χ4n) is 2.94. The minimum Gasteiger partial charge on any atom is -0.506 e. The minimum absolute atomic E-state index is 0.0527. The summed E-state index contributed by atoms with van der Waals surface area (Å²) in [7, 11) is 0. The molecule has 1 atom stereocenters. The van der Waals surface area contributed by atoms with E-state index in [1.165, 1.54) is 0 Å². The molecular formula is C20H23BrN2O4. The third-order valence-corrected chi connectivity index (χ3v) is 4.98. The Hall–Kier alpha value is -2.46. The van der Waals surface area contributed by atoms with Gasteiger partial charge in [0.2, 0.25) is 5.88 Å². The van der Waals surface area contributed by atoms with Crippen molar-refractivity contribution in [2.24, 2.45) is 5.73 Å². The van der Waals surface area contributed by atoms with E-state index in [0.717, 1.165) is 5.56 Å². The average Bonchev–Trinajstić information content (AvgIpc) is 2.55. The van der Waals surface area contributed by atoms with Crippen LogP contribution in [0.2, 0.25) is 0 Å². The highest BCUT2D eigenvalue weighted by molar-refractivity contribution is 9.10. The standard InChI is InChI=1S/C20H23BrN2O4/c1-6-26-19(25)15-10(2)27-18(23)13(9-22)16(15)12-7-11(20(3,4)5)8-14(21)17(12)24/h7-8,16,24H,6,23H2,1-5H3. The van der Waals surface area contributed by atoms with Gasteiger partial charge in [-0.25, -0.2) is 4.79 Å². The highest BCUT2D eigenvalue weighted by Gasteiger charge is 2.38. The monoisotopic (exact) mass is 434 g/mol. The van der Waals surface area contributed by atoms with E-state index in [0.29, 0.717) is 10.0 Å². The first-order chi connectivity index (χ1) is 12.5. The van der Waals surface area contributed by atoms with Crippen molar-refractivity contribution in [2.75, 3.05) is 6.61 Å². The fourth-order valence-corrected chi connectivity index (χ4v) is 3.41. The topological polar surface area (TPSA) is 106 Å². The largest absolute Gasteiger partial charge is 0.506 e. The number of ether oxygens (including phenoxy) is 2. The van der Waals surface area contributed by atoms with E-state index in [9.17, 15) is 15.2 Å². The SMILES string of the molecule is CCOC(=O)C1=C(C)OC(N)=C(C#N)C1c1cc(C(C)(C)C)cc(Br)c1O. The van der Waals surface area contributed by atoms with E-state index in [-0.39, 0.29) is 40.6 Å². The summed E-state index contributed by atoms with van der Waals surface area (Å²) in [6, 6.07) is 5.62. The summed E-state index contributed by atoms with van der Waals surface area (Å²) < 4.78 is 11.0. The number of hydrogen-bond donors (Lipinski definition) is 2. The molecule has 3 N–H and O–H groups in total. The number of nitrogens with zero attached hydrogens (tertiary/aromatic N) is 1. The Kier molecular flexibility index (Phi) is 5.91. The van der Waals surface area contributed by atoms with Gasteiger partial charge in [0.1, 0.15) is 23.2 Å². The maximum absolute atomic E-state index is 12.6. The number of rotatable bonds is 3. The first-order valence-corrected chi connectivity index (χ1v) is 9.30. The lowest BCUT2D eigenvalue weighted by Gasteiger charge is -2.29. The number of hydrogen-bond acceptors (Lipinski definition) is 6. The van der Waals surface area contributed by atoms with Crippen molar-refractivity contribution in [2.45, 2.75) is 46.0 Å². The summed E-state index contributed by atoms with van der Waals surface area (Å²) in [4.78, 5) is 12.6. The molecule has 27 heavy (non-hydrogen) atoms. The van der Waals surface area contributed by atoms with Gasteiger partial charge in [-0.05, 0) is 46.8 Å². The van der Waals surface area contributed by atoms with Gasteiger partial charge in [0.25, 0.3) is 0 Å². The van der Waals surface area contributed by atoms with E-state index in [1.54, 1.807) is 19.9 Å². The molecule has 0 aromatic heterocycles. The Morgan fingerprint density at radius 3 is 2.59 bits per heavy atom. The van der Waals surface area contributed by atoms with Crippen LogP contribution in [0.4, 0.5) is 0 Å². The van der Waals surface area contributed by atoms with E-state index >= 15 is 0 Å². The van der Waals surface area contributed by atoms with Crippen LogP contribution in [-0.4, -0.2) is 17.7 Å². The second-order valence-corrected chi connectivity index (χ2v) is 8.12. The first kappa shape index (κ1) is 20.8.